The van der Waals surface area contributed by atoms with Crippen LogP contribution in [0.2, 0.25) is 0 Å². The van der Waals surface area contributed by atoms with Crippen molar-refractivity contribution in [3.63, 3.8) is 0 Å². The predicted octanol–water partition coefficient (Wildman–Crippen LogP) is 0.248. The lowest BCUT2D eigenvalue weighted by molar-refractivity contribution is -0.124. The number of hydrogen-bond donors (Lipinski definition) is 3. The Kier molecular flexibility index (Phi) is 6.38. The Bertz CT molecular complexity index is 483. The van der Waals surface area contributed by atoms with Gasteiger partial charge in [-0.3, -0.25) is 9.59 Å². The second-order valence-electron chi connectivity index (χ2n) is 4.90. The van der Waals surface area contributed by atoms with E-state index in [0.29, 0.717) is 19.4 Å². The van der Waals surface area contributed by atoms with E-state index in [2.05, 4.69) is 5.32 Å². The van der Waals surface area contributed by atoms with Crippen molar-refractivity contribution >= 4 is 17.2 Å². The van der Waals surface area contributed by atoms with Crippen LogP contribution in [0.1, 0.15) is 31.9 Å². The van der Waals surface area contributed by atoms with Crippen molar-refractivity contribution in [2.45, 2.75) is 45.2 Å². The molecule has 1 aromatic rings. The van der Waals surface area contributed by atoms with Gasteiger partial charge in [-0.05, 0) is 19.8 Å². The van der Waals surface area contributed by atoms with Gasteiger partial charge >= 0.3 is 4.87 Å². The van der Waals surface area contributed by atoms with Crippen molar-refractivity contribution in [3.8, 4) is 0 Å². The highest BCUT2D eigenvalue weighted by Crippen LogP contribution is 2.09. The number of nitrogens with zero attached hydrogens (tertiary/aromatic N) is 1. The molecule has 1 heterocycles. The van der Waals surface area contributed by atoms with E-state index >= 15 is 0 Å². The number of hydrogen-bond acceptors (Lipinski definition) is 5. The van der Waals surface area contributed by atoms with Gasteiger partial charge in [0.15, 0.2) is 0 Å². The fraction of sp³-hybridized carbons (Fsp3) is 0.692. The van der Waals surface area contributed by atoms with E-state index in [1.807, 2.05) is 6.92 Å². The Morgan fingerprint density at radius 1 is 1.45 bits per heavy atom. The molecule has 0 fully saturated rings. The molecule has 0 aliphatic heterocycles. The number of carbonyl (C=O) groups excluding carboxylic acids is 1. The third-order valence-corrected chi connectivity index (χ3v) is 4.33. The first-order valence-corrected chi connectivity index (χ1v) is 7.53. The summed E-state index contributed by atoms with van der Waals surface area (Å²) >= 11 is 1.15. The van der Waals surface area contributed by atoms with Crippen molar-refractivity contribution < 1.29 is 15.0 Å². The lowest BCUT2D eigenvalue weighted by Gasteiger charge is -2.29. The van der Waals surface area contributed by atoms with E-state index in [-0.39, 0.29) is 30.4 Å². The van der Waals surface area contributed by atoms with Gasteiger partial charge in [-0.1, -0.05) is 18.3 Å². The summed E-state index contributed by atoms with van der Waals surface area (Å²) in [5.74, 6) is -0.226. The Morgan fingerprint density at radius 2 is 2.10 bits per heavy atom. The van der Waals surface area contributed by atoms with Crippen LogP contribution in [0, 0.1) is 6.92 Å². The number of aliphatic hydroxyl groups is 2. The quantitative estimate of drug-likeness (QED) is 0.642. The van der Waals surface area contributed by atoms with Crippen LogP contribution in [-0.2, 0) is 11.3 Å². The SMILES string of the molecule is CCC(CO)(CO)NC(=O)CCCn1c(C)csc1=O. The Balaban J connectivity index is 2.46. The lowest BCUT2D eigenvalue weighted by Crippen LogP contribution is -2.53. The van der Waals surface area contributed by atoms with Crippen LogP contribution in [0.3, 0.4) is 0 Å². The minimum absolute atomic E-state index is 0.0171. The summed E-state index contributed by atoms with van der Waals surface area (Å²) in [6.45, 7) is 3.56. The molecular weight excluding hydrogens is 280 g/mol. The molecule has 0 aromatic carbocycles. The monoisotopic (exact) mass is 302 g/mol. The number of nitrogens with one attached hydrogen (secondary N) is 1. The molecule has 114 valence electrons. The lowest BCUT2D eigenvalue weighted by atomic mass is 9.98. The maximum absolute atomic E-state index is 11.8. The predicted molar refractivity (Wildman–Crippen MR) is 77.9 cm³/mol. The van der Waals surface area contributed by atoms with Crippen LogP contribution in [0.15, 0.2) is 10.2 Å². The smallest absolute Gasteiger partial charge is 0.307 e. The first-order valence-electron chi connectivity index (χ1n) is 6.65. The van der Waals surface area contributed by atoms with Crippen LogP contribution in [0.25, 0.3) is 0 Å². The third-order valence-electron chi connectivity index (χ3n) is 3.45. The number of carbonyl (C=O) groups is 1. The molecule has 0 atom stereocenters. The van der Waals surface area contributed by atoms with E-state index in [9.17, 15) is 19.8 Å². The average molecular weight is 302 g/mol. The van der Waals surface area contributed by atoms with Gasteiger partial charge in [0.05, 0.1) is 18.8 Å². The molecule has 0 bridgehead atoms. The minimum atomic E-state index is -0.952. The first kappa shape index (κ1) is 16.9. The average Bonchev–Trinajstić information content (AvgIpc) is 2.76. The molecular formula is C13H22N2O4S. The minimum Gasteiger partial charge on any atom is -0.394 e. The number of aliphatic hydroxyl groups excluding tert-OH is 2. The molecule has 1 aromatic heterocycles. The van der Waals surface area contributed by atoms with Crippen molar-refractivity contribution in [3.05, 3.63) is 20.7 Å². The number of aromatic nitrogens is 1. The zero-order valence-electron chi connectivity index (χ0n) is 11.9. The maximum atomic E-state index is 11.8. The molecule has 0 radical (unpaired) electrons. The number of rotatable bonds is 8. The molecule has 0 unspecified atom stereocenters. The Morgan fingerprint density at radius 3 is 2.55 bits per heavy atom. The van der Waals surface area contributed by atoms with Gasteiger partial charge < -0.3 is 20.1 Å². The van der Waals surface area contributed by atoms with Gasteiger partial charge in [0.2, 0.25) is 5.91 Å². The van der Waals surface area contributed by atoms with Crippen LogP contribution in [0.5, 0.6) is 0 Å². The van der Waals surface area contributed by atoms with Gasteiger partial charge in [0.25, 0.3) is 0 Å². The van der Waals surface area contributed by atoms with E-state index < -0.39 is 5.54 Å². The molecule has 7 heteroatoms. The molecule has 0 spiro atoms. The van der Waals surface area contributed by atoms with Crippen LogP contribution >= 0.6 is 11.3 Å². The number of amides is 1. The molecule has 0 saturated carbocycles. The summed E-state index contributed by atoms with van der Waals surface area (Å²) in [4.78, 5) is 23.3. The molecule has 1 rings (SSSR count). The summed E-state index contributed by atoms with van der Waals surface area (Å²) in [5, 5.41) is 23.0. The van der Waals surface area contributed by atoms with Crippen molar-refractivity contribution in [1.29, 1.82) is 0 Å². The van der Waals surface area contributed by atoms with Gasteiger partial charge in [0.1, 0.15) is 0 Å². The van der Waals surface area contributed by atoms with Gasteiger partial charge in [-0.2, -0.15) is 0 Å². The van der Waals surface area contributed by atoms with Gasteiger partial charge in [-0.15, -0.1) is 0 Å². The Labute approximate surface area is 122 Å². The van der Waals surface area contributed by atoms with E-state index in [1.54, 1.807) is 16.9 Å². The normalized spacial score (nSPS) is 11.6. The van der Waals surface area contributed by atoms with E-state index in [0.717, 1.165) is 17.0 Å². The highest BCUT2D eigenvalue weighted by molar-refractivity contribution is 7.07. The summed E-state index contributed by atoms with van der Waals surface area (Å²) < 4.78 is 1.64. The highest BCUT2D eigenvalue weighted by atomic mass is 32.1. The second-order valence-corrected chi connectivity index (χ2v) is 5.72. The maximum Gasteiger partial charge on any atom is 0.307 e. The Hall–Kier alpha value is -1.18. The summed E-state index contributed by atoms with van der Waals surface area (Å²) in [6, 6.07) is 0. The van der Waals surface area contributed by atoms with Gasteiger partial charge in [0, 0.05) is 24.0 Å². The molecule has 0 aliphatic rings. The zero-order chi connectivity index (χ0) is 15.2. The number of thiazole rings is 1. The zero-order valence-corrected chi connectivity index (χ0v) is 12.7. The molecule has 0 aliphatic carbocycles. The summed E-state index contributed by atoms with van der Waals surface area (Å²) in [6.07, 6.45) is 1.25. The standard InChI is InChI=1S/C13H22N2O4S/c1-3-13(8-16,9-17)14-11(18)5-4-6-15-10(2)7-20-12(15)19/h7,16-17H,3-6,8-9H2,1-2H3,(H,14,18). The highest BCUT2D eigenvalue weighted by Gasteiger charge is 2.28. The van der Waals surface area contributed by atoms with Gasteiger partial charge in [-0.25, -0.2) is 0 Å². The second kappa shape index (κ2) is 7.56. The van der Waals surface area contributed by atoms with E-state index in [4.69, 9.17) is 0 Å². The van der Waals surface area contributed by atoms with Crippen molar-refractivity contribution in [2.75, 3.05) is 13.2 Å². The fourth-order valence-electron chi connectivity index (χ4n) is 1.87. The summed E-state index contributed by atoms with van der Waals surface area (Å²) in [7, 11) is 0. The van der Waals surface area contributed by atoms with Crippen LogP contribution < -0.4 is 10.2 Å². The van der Waals surface area contributed by atoms with Crippen molar-refractivity contribution in [2.24, 2.45) is 0 Å². The fourth-order valence-corrected chi connectivity index (χ4v) is 2.63. The van der Waals surface area contributed by atoms with E-state index in [1.165, 1.54) is 0 Å². The number of aryl methyl sites for hydroxylation is 1. The summed E-state index contributed by atoms with van der Waals surface area (Å²) in [5.41, 5.74) is -0.0549. The molecule has 0 saturated heterocycles. The topological polar surface area (TPSA) is 91.6 Å². The first-order chi connectivity index (χ1) is 9.48. The molecule has 6 nitrogen and oxygen atoms in total. The molecule has 1 amide bonds. The molecule has 3 N–H and O–H groups in total. The van der Waals surface area contributed by atoms with Crippen molar-refractivity contribution in [1.82, 2.24) is 9.88 Å². The molecule has 20 heavy (non-hydrogen) atoms. The van der Waals surface area contributed by atoms with Crippen LogP contribution in [-0.4, -0.2) is 39.4 Å². The third kappa shape index (κ3) is 4.16. The van der Waals surface area contributed by atoms with Crippen LogP contribution in [0.4, 0.5) is 0 Å². The largest absolute Gasteiger partial charge is 0.394 e.